The first kappa shape index (κ1) is 12.4. The zero-order valence-electron chi connectivity index (χ0n) is 10.1. The fourth-order valence-corrected chi connectivity index (χ4v) is 2.81. The first-order valence-electron chi connectivity index (χ1n) is 6.27. The van der Waals surface area contributed by atoms with Crippen LogP contribution in [0.15, 0.2) is 18.3 Å². The van der Waals surface area contributed by atoms with E-state index in [0.29, 0.717) is 17.5 Å². The summed E-state index contributed by atoms with van der Waals surface area (Å²) >= 11 is 0. The number of hydrogen-bond acceptors (Lipinski definition) is 2. The molecule has 1 aromatic rings. The van der Waals surface area contributed by atoms with E-state index in [1.54, 1.807) is 0 Å². The van der Waals surface area contributed by atoms with Gasteiger partial charge in [-0.05, 0) is 43.2 Å². The third-order valence-corrected chi connectivity index (χ3v) is 3.94. The third-order valence-electron chi connectivity index (χ3n) is 3.94. The first-order chi connectivity index (χ1) is 8.93. The summed E-state index contributed by atoms with van der Waals surface area (Å²) in [7, 11) is 0. The molecule has 2 unspecified atom stereocenters. The maximum Gasteiger partial charge on any atom is 0.433 e. The monoisotopic (exact) mass is 270 g/mol. The number of aromatic nitrogens is 1. The van der Waals surface area contributed by atoms with Crippen LogP contribution in [0.2, 0.25) is 0 Å². The highest BCUT2D eigenvalue weighted by atomic mass is 19.4. The molecule has 19 heavy (non-hydrogen) atoms. The van der Waals surface area contributed by atoms with Crippen molar-refractivity contribution in [3.05, 3.63) is 24.0 Å². The van der Waals surface area contributed by atoms with E-state index in [1.165, 1.54) is 12.5 Å². The van der Waals surface area contributed by atoms with Crippen molar-refractivity contribution in [2.24, 2.45) is 17.8 Å². The van der Waals surface area contributed by atoms with Gasteiger partial charge in [-0.2, -0.15) is 13.2 Å². The summed E-state index contributed by atoms with van der Waals surface area (Å²) in [4.78, 5) is 15.2. The molecule has 1 amide bonds. The van der Waals surface area contributed by atoms with Crippen LogP contribution in [-0.4, -0.2) is 10.9 Å². The number of carbonyl (C=O) groups is 1. The van der Waals surface area contributed by atoms with Gasteiger partial charge >= 0.3 is 6.18 Å². The molecule has 1 heterocycles. The van der Waals surface area contributed by atoms with E-state index in [9.17, 15) is 18.0 Å². The molecular formula is C13H13F3N2O. The quantitative estimate of drug-likeness (QED) is 0.897. The van der Waals surface area contributed by atoms with Gasteiger partial charge < -0.3 is 5.32 Å². The van der Waals surface area contributed by atoms with E-state index in [2.05, 4.69) is 10.3 Å². The van der Waals surface area contributed by atoms with Gasteiger partial charge in [-0.3, -0.25) is 4.79 Å². The summed E-state index contributed by atoms with van der Waals surface area (Å²) < 4.78 is 37.0. The minimum absolute atomic E-state index is 0.00560. The Bertz CT molecular complexity index is 488. The number of rotatable bonds is 2. The zero-order chi connectivity index (χ0) is 13.6. The van der Waals surface area contributed by atoms with Gasteiger partial charge in [0.25, 0.3) is 0 Å². The fraction of sp³-hybridized carbons (Fsp3) is 0.538. The van der Waals surface area contributed by atoms with E-state index >= 15 is 0 Å². The Balaban J connectivity index is 1.62. The molecule has 1 aromatic heterocycles. The molecule has 2 aliphatic carbocycles. The maximum absolute atomic E-state index is 12.3. The number of nitrogens with zero attached hydrogens (tertiary/aromatic N) is 1. The van der Waals surface area contributed by atoms with Crippen LogP contribution < -0.4 is 5.32 Å². The maximum atomic E-state index is 12.3. The normalized spacial score (nSPS) is 28.9. The molecule has 0 bridgehead atoms. The SMILES string of the molecule is O=C(Nc1ccc(C(F)(F)F)nc1)C1CC2CC2C1. The second-order valence-electron chi connectivity index (χ2n) is 5.34. The van der Waals surface area contributed by atoms with Crippen LogP contribution in [0.1, 0.15) is 25.0 Å². The zero-order valence-corrected chi connectivity index (χ0v) is 10.1. The Kier molecular flexibility index (Phi) is 2.76. The summed E-state index contributed by atoms with van der Waals surface area (Å²) in [6.07, 6.45) is -0.355. The van der Waals surface area contributed by atoms with Crippen molar-refractivity contribution in [3.8, 4) is 0 Å². The second kappa shape index (κ2) is 4.21. The van der Waals surface area contributed by atoms with E-state index in [1.807, 2.05) is 0 Å². The number of fused-ring (bicyclic) bond motifs is 1. The van der Waals surface area contributed by atoms with Crippen LogP contribution in [0, 0.1) is 17.8 Å². The van der Waals surface area contributed by atoms with Crippen LogP contribution in [0.25, 0.3) is 0 Å². The molecule has 0 radical (unpaired) electrons. The lowest BCUT2D eigenvalue weighted by molar-refractivity contribution is -0.141. The Morgan fingerprint density at radius 3 is 2.42 bits per heavy atom. The average molecular weight is 270 g/mol. The number of carbonyl (C=O) groups excluding carboxylic acids is 1. The van der Waals surface area contributed by atoms with Gasteiger partial charge in [-0.25, -0.2) is 4.98 Å². The standard InChI is InChI=1S/C13H13F3N2O/c14-13(15,16)11-2-1-10(6-17-11)18-12(19)9-4-7-3-8(7)5-9/h1-2,6-9H,3-5H2,(H,18,19). The number of amides is 1. The van der Waals surface area contributed by atoms with Crippen molar-refractivity contribution in [1.29, 1.82) is 0 Å². The van der Waals surface area contributed by atoms with Crippen LogP contribution in [0.3, 0.4) is 0 Å². The predicted molar refractivity (Wildman–Crippen MR) is 62.2 cm³/mol. The number of alkyl halides is 3. The lowest BCUT2D eigenvalue weighted by Gasteiger charge is -2.12. The molecule has 2 aliphatic rings. The van der Waals surface area contributed by atoms with Crippen molar-refractivity contribution in [1.82, 2.24) is 4.98 Å². The van der Waals surface area contributed by atoms with Crippen molar-refractivity contribution in [2.45, 2.75) is 25.4 Å². The number of pyridine rings is 1. The molecule has 0 saturated heterocycles. The largest absolute Gasteiger partial charge is 0.433 e. The van der Waals surface area contributed by atoms with Crippen molar-refractivity contribution in [3.63, 3.8) is 0 Å². The summed E-state index contributed by atoms with van der Waals surface area (Å²) in [5.41, 5.74) is -0.633. The van der Waals surface area contributed by atoms with Crippen LogP contribution >= 0.6 is 0 Å². The molecule has 3 rings (SSSR count). The van der Waals surface area contributed by atoms with Gasteiger partial charge in [-0.15, -0.1) is 0 Å². The highest BCUT2D eigenvalue weighted by Crippen LogP contribution is 2.54. The number of halogens is 3. The molecule has 1 N–H and O–H groups in total. The lowest BCUT2D eigenvalue weighted by atomic mass is 10.0. The third kappa shape index (κ3) is 2.57. The molecule has 2 atom stereocenters. The van der Waals surface area contributed by atoms with Gasteiger partial charge in [0.15, 0.2) is 0 Å². The molecule has 3 nitrogen and oxygen atoms in total. The Hall–Kier alpha value is -1.59. The van der Waals surface area contributed by atoms with Gasteiger partial charge in [0.1, 0.15) is 5.69 Å². The second-order valence-corrected chi connectivity index (χ2v) is 5.34. The first-order valence-corrected chi connectivity index (χ1v) is 6.27. The smallest absolute Gasteiger partial charge is 0.324 e. The van der Waals surface area contributed by atoms with Crippen LogP contribution in [0.5, 0.6) is 0 Å². The number of anilines is 1. The van der Waals surface area contributed by atoms with Gasteiger partial charge in [0.2, 0.25) is 5.91 Å². The van der Waals surface area contributed by atoms with Gasteiger partial charge in [-0.1, -0.05) is 0 Å². The molecule has 6 heteroatoms. The van der Waals surface area contributed by atoms with Gasteiger partial charge in [0.05, 0.1) is 11.9 Å². The molecular weight excluding hydrogens is 257 g/mol. The fourth-order valence-electron chi connectivity index (χ4n) is 2.81. The minimum Gasteiger partial charge on any atom is -0.324 e. The minimum atomic E-state index is -4.45. The van der Waals surface area contributed by atoms with Crippen molar-refractivity contribution >= 4 is 11.6 Å². The number of nitrogens with one attached hydrogen (secondary N) is 1. The average Bonchev–Trinajstić information content (AvgIpc) is 2.95. The predicted octanol–water partition coefficient (Wildman–Crippen LogP) is 3.09. The van der Waals surface area contributed by atoms with Crippen LogP contribution in [0.4, 0.5) is 18.9 Å². The van der Waals surface area contributed by atoms with E-state index in [4.69, 9.17) is 0 Å². The summed E-state index contributed by atoms with van der Waals surface area (Å²) in [6.45, 7) is 0. The molecule has 0 spiro atoms. The molecule has 2 saturated carbocycles. The number of hydrogen-bond donors (Lipinski definition) is 1. The summed E-state index contributed by atoms with van der Waals surface area (Å²) in [6, 6.07) is 2.12. The van der Waals surface area contributed by atoms with Crippen molar-refractivity contribution < 1.29 is 18.0 Å². The Morgan fingerprint density at radius 2 is 1.89 bits per heavy atom. The highest BCUT2D eigenvalue weighted by molar-refractivity contribution is 5.92. The topological polar surface area (TPSA) is 42.0 Å². The van der Waals surface area contributed by atoms with E-state index in [0.717, 1.165) is 25.1 Å². The Labute approximate surface area is 108 Å². The lowest BCUT2D eigenvalue weighted by Crippen LogP contribution is -2.21. The molecule has 0 aliphatic heterocycles. The van der Waals surface area contributed by atoms with E-state index < -0.39 is 11.9 Å². The van der Waals surface area contributed by atoms with Crippen LogP contribution in [-0.2, 0) is 11.0 Å². The molecule has 0 aromatic carbocycles. The van der Waals surface area contributed by atoms with Crippen molar-refractivity contribution in [2.75, 3.05) is 5.32 Å². The summed E-state index contributed by atoms with van der Waals surface area (Å²) in [5, 5.41) is 2.63. The van der Waals surface area contributed by atoms with Gasteiger partial charge in [0, 0.05) is 5.92 Å². The van der Waals surface area contributed by atoms with E-state index in [-0.39, 0.29) is 11.8 Å². The summed E-state index contributed by atoms with van der Waals surface area (Å²) in [5.74, 6) is 1.29. The molecule has 102 valence electrons. The Morgan fingerprint density at radius 1 is 1.21 bits per heavy atom. The molecule has 2 fully saturated rings. The highest BCUT2D eigenvalue weighted by Gasteiger charge is 2.48.